The molecule has 3 nitrogen and oxygen atoms in total. The van der Waals surface area contributed by atoms with Crippen molar-refractivity contribution >= 4 is 12.1 Å². The quantitative estimate of drug-likeness (QED) is 0.468. The standard InChI is InChI=1S/C8H9NO2/c1-6(11)8-4-3-7(5-10)9(8)2/h3-5H,1-2H3. The van der Waals surface area contributed by atoms with E-state index in [1.165, 1.54) is 6.92 Å². The Morgan fingerprint density at radius 3 is 2.45 bits per heavy atom. The van der Waals surface area contributed by atoms with Crippen LogP contribution in [0.2, 0.25) is 0 Å². The monoisotopic (exact) mass is 151 g/mol. The summed E-state index contributed by atoms with van der Waals surface area (Å²) in [6.45, 7) is 1.48. The van der Waals surface area contributed by atoms with Gasteiger partial charge in [-0.15, -0.1) is 0 Å². The fraction of sp³-hybridized carbons (Fsp3) is 0.250. The molecule has 0 amide bonds. The van der Waals surface area contributed by atoms with Crippen molar-refractivity contribution in [3.8, 4) is 0 Å². The fourth-order valence-electron chi connectivity index (χ4n) is 0.999. The predicted octanol–water partition coefficient (Wildman–Crippen LogP) is 1.04. The molecule has 0 saturated carbocycles. The highest BCUT2D eigenvalue weighted by Crippen LogP contribution is 2.04. The summed E-state index contributed by atoms with van der Waals surface area (Å²) >= 11 is 0. The van der Waals surface area contributed by atoms with E-state index in [-0.39, 0.29) is 5.78 Å². The summed E-state index contributed by atoms with van der Waals surface area (Å²) in [6.07, 6.45) is 0.729. The fourth-order valence-corrected chi connectivity index (χ4v) is 0.999. The molecule has 11 heavy (non-hydrogen) atoms. The average molecular weight is 151 g/mol. The van der Waals surface area contributed by atoms with Crippen LogP contribution in [0.1, 0.15) is 27.9 Å². The number of carbonyl (C=O) groups is 2. The van der Waals surface area contributed by atoms with Crippen molar-refractivity contribution in [1.29, 1.82) is 0 Å². The molecule has 0 bridgehead atoms. The van der Waals surface area contributed by atoms with E-state index in [0.717, 1.165) is 6.29 Å². The molecule has 0 aliphatic rings. The number of ketones is 1. The lowest BCUT2D eigenvalue weighted by molar-refractivity contribution is 0.101. The molecule has 0 unspecified atom stereocenters. The number of hydrogen-bond acceptors (Lipinski definition) is 2. The second-order valence-corrected chi connectivity index (χ2v) is 2.38. The molecular formula is C8H9NO2. The van der Waals surface area contributed by atoms with Gasteiger partial charge in [0.25, 0.3) is 0 Å². The Morgan fingerprint density at radius 2 is 2.18 bits per heavy atom. The van der Waals surface area contributed by atoms with Gasteiger partial charge in [-0.05, 0) is 12.1 Å². The van der Waals surface area contributed by atoms with E-state index >= 15 is 0 Å². The van der Waals surface area contributed by atoms with Crippen LogP contribution in [0.5, 0.6) is 0 Å². The Labute approximate surface area is 64.6 Å². The maximum absolute atomic E-state index is 10.9. The first-order valence-electron chi connectivity index (χ1n) is 3.28. The van der Waals surface area contributed by atoms with E-state index in [9.17, 15) is 9.59 Å². The molecule has 1 heterocycles. The number of aromatic nitrogens is 1. The molecule has 0 radical (unpaired) electrons. The highest BCUT2D eigenvalue weighted by molar-refractivity contribution is 5.93. The largest absolute Gasteiger partial charge is 0.339 e. The number of carbonyl (C=O) groups excluding carboxylic acids is 2. The molecule has 0 fully saturated rings. The molecular weight excluding hydrogens is 142 g/mol. The van der Waals surface area contributed by atoms with E-state index in [1.807, 2.05) is 0 Å². The molecule has 1 rings (SSSR count). The van der Waals surface area contributed by atoms with Gasteiger partial charge in [0.1, 0.15) is 0 Å². The van der Waals surface area contributed by atoms with Crippen LogP contribution >= 0.6 is 0 Å². The van der Waals surface area contributed by atoms with Crippen molar-refractivity contribution in [2.24, 2.45) is 7.05 Å². The van der Waals surface area contributed by atoms with Crippen molar-refractivity contribution in [3.63, 3.8) is 0 Å². The van der Waals surface area contributed by atoms with Crippen molar-refractivity contribution in [2.45, 2.75) is 6.92 Å². The van der Waals surface area contributed by atoms with Gasteiger partial charge in [0.2, 0.25) is 0 Å². The molecule has 0 atom stereocenters. The first-order chi connectivity index (χ1) is 5.16. The van der Waals surface area contributed by atoms with E-state index < -0.39 is 0 Å². The summed E-state index contributed by atoms with van der Waals surface area (Å²) in [5.74, 6) is -0.0272. The minimum atomic E-state index is -0.0272. The van der Waals surface area contributed by atoms with Crippen LogP contribution in [-0.4, -0.2) is 16.6 Å². The van der Waals surface area contributed by atoms with Crippen LogP contribution in [0.3, 0.4) is 0 Å². The second-order valence-electron chi connectivity index (χ2n) is 2.38. The normalized spacial score (nSPS) is 9.64. The van der Waals surface area contributed by atoms with E-state index in [4.69, 9.17) is 0 Å². The van der Waals surface area contributed by atoms with Gasteiger partial charge in [0.05, 0.1) is 11.4 Å². The minimum absolute atomic E-state index is 0.0272. The highest BCUT2D eigenvalue weighted by atomic mass is 16.1. The summed E-state index contributed by atoms with van der Waals surface area (Å²) < 4.78 is 1.58. The first kappa shape index (κ1) is 7.72. The number of hydrogen-bond donors (Lipinski definition) is 0. The SMILES string of the molecule is CC(=O)c1ccc(C=O)n1C. The Hall–Kier alpha value is -1.38. The molecule has 1 aromatic heterocycles. The summed E-state index contributed by atoms with van der Waals surface area (Å²) in [5.41, 5.74) is 1.09. The number of rotatable bonds is 2. The zero-order valence-corrected chi connectivity index (χ0v) is 6.50. The van der Waals surface area contributed by atoms with Gasteiger partial charge in [-0.1, -0.05) is 0 Å². The molecule has 0 aromatic carbocycles. The molecule has 58 valence electrons. The number of nitrogens with zero attached hydrogens (tertiary/aromatic N) is 1. The van der Waals surface area contributed by atoms with Gasteiger partial charge in [0, 0.05) is 14.0 Å². The second kappa shape index (κ2) is 2.70. The van der Waals surface area contributed by atoms with Gasteiger partial charge in [0.15, 0.2) is 12.1 Å². The Balaban J connectivity index is 3.20. The van der Waals surface area contributed by atoms with Crippen molar-refractivity contribution in [3.05, 3.63) is 23.5 Å². The topological polar surface area (TPSA) is 39.1 Å². The van der Waals surface area contributed by atoms with Crippen LogP contribution < -0.4 is 0 Å². The molecule has 0 saturated heterocycles. The molecule has 0 aliphatic heterocycles. The summed E-state index contributed by atoms with van der Waals surface area (Å²) in [4.78, 5) is 21.2. The summed E-state index contributed by atoms with van der Waals surface area (Å²) in [6, 6.07) is 3.27. The molecule has 0 spiro atoms. The lowest BCUT2D eigenvalue weighted by atomic mass is 10.3. The molecule has 1 aromatic rings. The summed E-state index contributed by atoms with van der Waals surface area (Å²) in [7, 11) is 1.69. The van der Waals surface area contributed by atoms with Crippen molar-refractivity contribution in [1.82, 2.24) is 4.57 Å². The van der Waals surface area contributed by atoms with E-state index in [0.29, 0.717) is 11.4 Å². The third-order valence-corrected chi connectivity index (χ3v) is 1.64. The molecule has 3 heteroatoms. The third-order valence-electron chi connectivity index (χ3n) is 1.64. The van der Waals surface area contributed by atoms with Gasteiger partial charge < -0.3 is 4.57 Å². The Kier molecular flexibility index (Phi) is 1.89. The number of Topliss-reactive ketones (excluding diaryl/α,β-unsaturated/α-hetero) is 1. The van der Waals surface area contributed by atoms with Crippen LogP contribution in [0.15, 0.2) is 12.1 Å². The zero-order valence-electron chi connectivity index (χ0n) is 6.50. The van der Waals surface area contributed by atoms with Gasteiger partial charge >= 0.3 is 0 Å². The molecule has 0 aliphatic carbocycles. The number of aldehydes is 1. The van der Waals surface area contributed by atoms with E-state index in [2.05, 4.69) is 0 Å². The minimum Gasteiger partial charge on any atom is -0.339 e. The molecule has 0 N–H and O–H groups in total. The van der Waals surface area contributed by atoms with Gasteiger partial charge in [-0.2, -0.15) is 0 Å². The maximum Gasteiger partial charge on any atom is 0.176 e. The van der Waals surface area contributed by atoms with E-state index in [1.54, 1.807) is 23.7 Å². The van der Waals surface area contributed by atoms with Crippen LogP contribution in [-0.2, 0) is 7.05 Å². The Bertz CT molecular complexity index is 299. The Morgan fingerprint density at radius 1 is 1.55 bits per heavy atom. The van der Waals surface area contributed by atoms with Gasteiger partial charge in [-0.25, -0.2) is 0 Å². The smallest absolute Gasteiger partial charge is 0.176 e. The van der Waals surface area contributed by atoms with Gasteiger partial charge in [-0.3, -0.25) is 9.59 Å². The predicted molar refractivity (Wildman–Crippen MR) is 40.8 cm³/mol. The van der Waals surface area contributed by atoms with Crippen molar-refractivity contribution < 1.29 is 9.59 Å². The lowest BCUT2D eigenvalue weighted by Crippen LogP contribution is -2.03. The summed E-state index contributed by atoms with van der Waals surface area (Å²) in [5, 5.41) is 0. The van der Waals surface area contributed by atoms with Crippen molar-refractivity contribution in [2.75, 3.05) is 0 Å². The average Bonchev–Trinajstić information content (AvgIpc) is 2.30. The zero-order chi connectivity index (χ0) is 8.43. The van der Waals surface area contributed by atoms with Crippen LogP contribution in [0.4, 0.5) is 0 Å². The first-order valence-corrected chi connectivity index (χ1v) is 3.28. The van der Waals surface area contributed by atoms with Crippen LogP contribution in [0, 0.1) is 0 Å². The highest BCUT2D eigenvalue weighted by Gasteiger charge is 2.06. The third kappa shape index (κ3) is 1.22. The van der Waals surface area contributed by atoms with Crippen LogP contribution in [0.25, 0.3) is 0 Å². The lowest BCUT2D eigenvalue weighted by Gasteiger charge is -1.98. The maximum atomic E-state index is 10.9.